The highest BCUT2D eigenvalue weighted by Gasteiger charge is 2.09. The minimum atomic E-state index is 0.669. The van der Waals surface area contributed by atoms with Crippen molar-refractivity contribution in [2.24, 2.45) is 0 Å². The van der Waals surface area contributed by atoms with E-state index in [9.17, 15) is 0 Å². The Labute approximate surface area is 139 Å². The third-order valence-corrected chi connectivity index (χ3v) is 4.41. The Kier molecular flexibility index (Phi) is 4.36. The zero-order valence-electron chi connectivity index (χ0n) is 11.0. The van der Waals surface area contributed by atoms with E-state index in [2.05, 4.69) is 52.4 Å². The molecule has 2 aromatic heterocycles. The molecule has 0 saturated carbocycles. The number of hydrogen-bond acceptors (Lipinski definition) is 3. The van der Waals surface area contributed by atoms with E-state index in [1.54, 1.807) is 6.20 Å². The topological polar surface area (TPSA) is 53.6 Å². The van der Waals surface area contributed by atoms with Gasteiger partial charge in [0.2, 0.25) is 0 Å². The molecule has 3 aromatic rings. The predicted molar refractivity (Wildman–Crippen MR) is 91.0 cm³/mol. The van der Waals surface area contributed by atoms with Crippen LogP contribution in [0.2, 0.25) is 0 Å². The number of rotatable bonds is 4. The van der Waals surface area contributed by atoms with Crippen LogP contribution in [0.1, 0.15) is 5.56 Å². The lowest BCUT2D eigenvalue weighted by Crippen LogP contribution is -2.01. The average molecular weight is 408 g/mol. The number of nitrogens with one attached hydrogen (secondary N) is 2. The number of H-pyrrole nitrogens is 1. The lowest BCUT2D eigenvalue weighted by molar-refractivity contribution is 1.09. The summed E-state index contributed by atoms with van der Waals surface area (Å²) in [4.78, 5) is 4.15. The van der Waals surface area contributed by atoms with Crippen LogP contribution in [0.4, 0.5) is 5.69 Å². The van der Waals surface area contributed by atoms with Gasteiger partial charge < -0.3 is 5.32 Å². The van der Waals surface area contributed by atoms with Gasteiger partial charge in [-0.05, 0) is 56.1 Å². The molecular weight excluding hydrogens is 396 g/mol. The van der Waals surface area contributed by atoms with Crippen molar-refractivity contribution in [1.82, 2.24) is 15.2 Å². The quantitative estimate of drug-likeness (QED) is 0.663. The number of benzene rings is 1. The summed E-state index contributed by atoms with van der Waals surface area (Å²) in [5, 5.41) is 10.6. The Morgan fingerprint density at radius 3 is 2.57 bits per heavy atom. The van der Waals surface area contributed by atoms with Crippen molar-refractivity contribution in [3.63, 3.8) is 0 Å². The highest BCUT2D eigenvalue weighted by atomic mass is 79.9. The normalized spacial score (nSPS) is 10.6. The molecule has 0 radical (unpaired) electrons. The van der Waals surface area contributed by atoms with E-state index in [-0.39, 0.29) is 0 Å². The third-order valence-electron chi connectivity index (χ3n) is 3.09. The molecule has 0 amide bonds. The van der Waals surface area contributed by atoms with Crippen LogP contribution in [-0.4, -0.2) is 15.2 Å². The predicted octanol–water partition coefficient (Wildman–Crippen LogP) is 4.61. The van der Waals surface area contributed by atoms with Gasteiger partial charge >= 0.3 is 0 Å². The van der Waals surface area contributed by atoms with Gasteiger partial charge in [0, 0.05) is 39.0 Å². The number of halogens is 2. The molecule has 0 bridgehead atoms. The van der Waals surface area contributed by atoms with E-state index >= 15 is 0 Å². The maximum atomic E-state index is 4.15. The monoisotopic (exact) mass is 406 g/mol. The van der Waals surface area contributed by atoms with E-state index in [1.165, 1.54) is 0 Å². The minimum absolute atomic E-state index is 0.669. The van der Waals surface area contributed by atoms with Crippen LogP contribution in [-0.2, 0) is 6.54 Å². The van der Waals surface area contributed by atoms with Crippen molar-refractivity contribution in [3.05, 3.63) is 63.4 Å². The van der Waals surface area contributed by atoms with Gasteiger partial charge in [-0.1, -0.05) is 6.07 Å². The highest BCUT2D eigenvalue weighted by molar-refractivity contribution is 9.11. The van der Waals surface area contributed by atoms with Crippen molar-refractivity contribution >= 4 is 37.5 Å². The number of pyridine rings is 1. The molecule has 0 aliphatic carbocycles. The molecule has 6 heteroatoms. The number of aromatic nitrogens is 3. The van der Waals surface area contributed by atoms with E-state index in [4.69, 9.17) is 0 Å². The summed E-state index contributed by atoms with van der Waals surface area (Å²) < 4.78 is 2.03. The Morgan fingerprint density at radius 2 is 1.86 bits per heavy atom. The Balaban J connectivity index is 1.83. The molecule has 0 aliphatic rings. The van der Waals surface area contributed by atoms with E-state index in [0.29, 0.717) is 6.54 Å². The number of para-hydroxylation sites is 1. The summed E-state index contributed by atoms with van der Waals surface area (Å²) in [6, 6.07) is 9.92. The second kappa shape index (κ2) is 6.41. The van der Waals surface area contributed by atoms with Gasteiger partial charge in [0.15, 0.2) is 0 Å². The van der Waals surface area contributed by atoms with Gasteiger partial charge in [0.25, 0.3) is 0 Å². The van der Waals surface area contributed by atoms with Crippen LogP contribution in [0.25, 0.3) is 11.3 Å². The first-order valence-corrected chi connectivity index (χ1v) is 7.95. The molecule has 2 heterocycles. The SMILES string of the molecule is Brc1cccc(Br)c1NCc1cn[nH]c1-c1cccnc1. The summed E-state index contributed by atoms with van der Waals surface area (Å²) in [6.45, 7) is 0.669. The highest BCUT2D eigenvalue weighted by Crippen LogP contribution is 2.31. The molecule has 4 nitrogen and oxygen atoms in total. The average Bonchev–Trinajstić information content (AvgIpc) is 2.96. The fraction of sp³-hybridized carbons (Fsp3) is 0.0667. The molecule has 106 valence electrons. The van der Waals surface area contributed by atoms with Gasteiger partial charge in [0.1, 0.15) is 0 Å². The van der Waals surface area contributed by atoms with Crippen LogP contribution < -0.4 is 5.32 Å². The van der Waals surface area contributed by atoms with Crippen molar-refractivity contribution in [1.29, 1.82) is 0 Å². The smallest absolute Gasteiger partial charge is 0.0715 e. The number of nitrogens with zero attached hydrogens (tertiary/aromatic N) is 2. The molecule has 0 saturated heterocycles. The van der Waals surface area contributed by atoms with Crippen LogP contribution >= 0.6 is 31.9 Å². The summed E-state index contributed by atoms with van der Waals surface area (Å²) in [5.74, 6) is 0. The standard InChI is InChI=1S/C15H12Br2N4/c16-12-4-1-5-13(17)15(12)19-8-11-9-20-21-14(11)10-3-2-6-18-7-10/h1-7,9,19H,8H2,(H,20,21). The second-order valence-electron chi connectivity index (χ2n) is 4.46. The summed E-state index contributed by atoms with van der Waals surface area (Å²) >= 11 is 7.10. The molecule has 0 fully saturated rings. The van der Waals surface area contributed by atoms with E-state index < -0.39 is 0 Å². The van der Waals surface area contributed by atoms with Crippen molar-refractivity contribution in [2.45, 2.75) is 6.54 Å². The first kappa shape index (κ1) is 14.3. The lowest BCUT2D eigenvalue weighted by atomic mass is 10.1. The fourth-order valence-electron chi connectivity index (χ4n) is 2.06. The van der Waals surface area contributed by atoms with Crippen molar-refractivity contribution in [3.8, 4) is 11.3 Å². The zero-order chi connectivity index (χ0) is 14.7. The van der Waals surface area contributed by atoms with Crippen LogP contribution in [0.5, 0.6) is 0 Å². The molecular formula is C15H12Br2N4. The summed E-state index contributed by atoms with van der Waals surface area (Å²) in [6.07, 6.45) is 5.42. The van der Waals surface area contributed by atoms with Crippen molar-refractivity contribution < 1.29 is 0 Å². The zero-order valence-corrected chi connectivity index (χ0v) is 14.1. The fourth-order valence-corrected chi connectivity index (χ4v) is 3.33. The van der Waals surface area contributed by atoms with Gasteiger partial charge in [-0.25, -0.2) is 0 Å². The van der Waals surface area contributed by atoms with Gasteiger partial charge in [-0.15, -0.1) is 0 Å². The second-order valence-corrected chi connectivity index (χ2v) is 6.17. The molecule has 21 heavy (non-hydrogen) atoms. The maximum Gasteiger partial charge on any atom is 0.0715 e. The summed E-state index contributed by atoms with van der Waals surface area (Å²) in [7, 11) is 0. The molecule has 1 aromatic carbocycles. The van der Waals surface area contributed by atoms with Crippen LogP contribution in [0.15, 0.2) is 57.9 Å². The Morgan fingerprint density at radius 1 is 1.05 bits per heavy atom. The van der Waals surface area contributed by atoms with E-state index in [1.807, 2.05) is 42.7 Å². The van der Waals surface area contributed by atoms with Gasteiger partial charge in [-0.3, -0.25) is 10.1 Å². The maximum absolute atomic E-state index is 4.15. The molecule has 3 rings (SSSR count). The summed E-state index contributed by atoms with van der Waals surface area (Å²) in [5.41, 5.74) is 4.12. The first-order chi connectivity index (χ1) is 10.3. The van der Waals surface area contributed by atoms with Crippen molar-refractivity contribution in [2.75, 3.05) is 5.32 Å². The number of anilines is 1. The molecule has 0 atom stereocenters. The Bertz CT molecular complexity index is 720. The molecule has 0 spiro atoms. The van der Waals surface area contributed by atoms with E-state index in [0.717, 1.165) is 31.5 Å². The largest absolute Gasteiger partial charge is 0.379 e. The molecule has 0 unspecified atom stereocenters. The van der Waals surface area contributed by atoms with Gasteiger partial charge in [0.05, 0.1) is 17.6 Å². The number of hydrogen-bond donors (Lipinski definition) is 2. The first-order valence-electron chi connectivity index (χ1n) is 6.36. The molecule has 2 N–H and O–H groups in total. The van der Waals surface area contributed by atoms with Crippen LogP contribution in [0, 0.1) is 0 Å². The third kappa shape index (κ3) is 3.16. The van der Waals surface area contributed by atoms with Gasteiger partial charge in [-0.2, -0.15) is 5.10 Å². The number of aromatic amines is 1. The van der Waals surface area contributed by atoms with Crippen LogP contribution in [0.3, 0.4) is 0 Å². The lowest BCUT2D eigenvalue weighted by Gasteiger charge is -2.10. The Hall–Kier alpha value is -1.66. The molecule has 0 aliphatic heterocycles. The minimum Gasteiger partial charge on any atom is -0.379 e.